The summed E-state index contributed by atoms with van der Waals surface area (Å²) in [5, 5.41) is 10.8. The Morgan fingerprint density at radius 2 is 1.62 bits per heavy atom. The average Bonchev–Trinajstić information content (AvgIpc) is 1.97. The molecule has 2 heteroatoms. The fourth-order valence-electron chi connectivity index (χ4n) is 3.40. The highest BCUT2D eigenvalue weighted by Crippen LogP contribution is 2.69. The molecule has 2 fully saturated rings. The number of fused-ring (bicyclic) bond motifs is 2. The lowest BCUT2D eigenvalue weighted by molar-refractivity contribution is 0.104. The predicted octanol–water partition coefficient (Wildman–Crippen LogP) is 2.95. The summed E-state index contributed by atoms with van der Waals surface area (Å²) < 4.78 is 0. The molecule has 0 amide bonds. The van der Waals surface area contributed by atoms with Crippen molar-refractivity contribution in [3.63, 3.8) is 0 Å². The summed E-state index contributed by atoms with van der Waals surface area (Å²) >= 11 is 0. The summed E-state index contributed by atoms with van der Waals surface area (Å²) in [4.78, 5) is 0. The monoisotopic (exact) mass is 200 g/mol. The van der Waals surface area contributed by atoms with Gasteiger partial charge in [-0.3, -0.25) is 0 Å². The van der Waals surface area contributed by atoms with Crippen molar-refractivity contribution in [3.8, 4) is 0 Å². The molecule has 2 unspecified atom stereocenters. The Kier molecular flexibility index (Phi) is 2.24. The van der Waals surface area contributed by atoms with Crippen molar-refractivity contribution in [2.24, 2.45) is 0 Å². The molecule has 0 radical (unpaired) electrons. The molecule has 1 nitrogen and oxygen atoms in total. The molecule has 2 heterocycles. The van der Waals surface area contributed by atoms with Crippen LogP contribution < -0.4 is 0 Å². The van der Waals surface area contributed by atoms with Crippen molar-refractivity contribution in [2.45, 2.75) is 62.4 Å². The van der Waals surface area contributed by atoms with Gasteiger partial charge in [-0.15, -0.1) is 0 Å². The van der Waals surface area contributed by atoms with Gasteiger partial charge in [-0.25, -0.2) is 0 Å². The predicted molar refractivity (Wildman–Crippen MR) is 58.7 cm³/mol. The van der Waals surface area contributed by atoms with E-state index in [1.807, 2.05) is 0 Å². The van der Waals surface area contributed by atoms with Crippen LogP contribution in [0, 0.1) is 0 Å². The quantitative estimate of drug-likeness (QED) is 0.596. The van der Waals surface area contributed by atoms with Crippen LogP contribution in [-0.2, 0) is 0 Å². The summed E-state index contributed by atoms with van der Waals surface area (Å²) in [5.41, 5.74) is 0. The average molecular weight is 200 g/mol. The number of hydrogen-bond acceptors (Lipinski definition) is 1. The van der Waals surface area contributed by atoms with E-state index in [0.29, 0.717) is 10.3 Å². The standard InChI is InChI=1S/C11H21OP/c1-10-5-4-6-11(2,13(10)3)8-9(12)7-10/h9,12H,4-8H2,1-3H3. The number of aliphatic hydroxyl groups excluding tert-OH is 1. The van der Waals surface area contributed by atoms with E-state index in [0.717, 1.165) is 12.8 Å². The van der Waals surface area contributed by atoms with Gasteiger partial charge in [-0.2, -0.15) is 0 Å². The molecule has 13 heavy (non-hydrogen) atoms. The molecule has 2 rings (SSSR count). The first-order valence-electron chi connectivity index (χ1n) is 5.38. The smallest absolute Gasteiger partial charge is 0.0557 e. The van der Waals surface area contributed by atoms with E-state index in [1.54, 1.807) is 0 Å². The number of hydrogen-bond donors (Lipinski definition) is 1. The summed E-state index contributed by atoms with van der Waals surface area (Å²) in [6, 6.07) is 0. The summed E-state index contributed by atoms with van der Waals surface area (Å²) in [5.74, 6) is 0. The van der Waals surface area contributed by atoms with Crippen molar-refractivity contribution in [1.29, 1.82) is 0 Å². The third-order valence-electron chi connectivity index (χ3n) is 4.40. The van der Waals surface area contributed by atoms with Crippen LogP contribution in [0.2, 0.25) is 0 Å². The maximum absolute atomic E-state index is 9.87. The largest absolute Gasteiger partial charge is 0.393 e. The van der Waals surface area contributed by atoms with Crippen LogP contribution in [0.15, 0.2) is 0 Å². The second-order valence-electron chi connectivity index (χ2n) is 5.47. The van der Waals surface area contributed by atoms with Crippen LogP contribution >= 0.6 is 7.92 Å². The second-order valence-corrected chi connectivity index (χ2v) is 8.75. The molecule has 0 aromatic heterocycles. The minimum absolute atomic E-state index is 0.0194. The maximum atomic E-state index is 9.87. The zero-order valence-corrected chi connectivity index (χ0v) is 9.90. The van der Waals surface area contributed by atoms with Crippen molar-refractivity contribution < 1.29 is 5.11 Å². The molecule has 0 saturated carbocycles. The lowest BCUT2D eigenvalue weighted by atomic mass is 9.83. The molecule has 0 aromatic rings. The zero-order valence-electron chi connectivity index (χ0n) is 9.01. The van der Waals surface area contributed by atoms with Crippen molar-refractivity contribution in [3.05, 3.63) is 0 Å². The Morgan fingerprint density at radius 3 is 2.08 bits per heavy atom. The third-order valence-corrected chi connectivity index (χ3v) is 8.45. The van der Waals surface area contributed by atoms with E-state index in [-0.39, 0.29) is 14.0 Å². The van der Waals surface area contributed by atoms with Gasteiger partial charge in [0.2, 0.25) is 0 Å². The van der Waals surface area contributed by atoms with Crippen LogP contribution in [-0.4, -0.2) is 28.2 Å². The van der Waals surface area contributed by atoms with Gasteiger partial charge in [0.1, 0.15) is 0 Å². The molecule has 76 valence electrons. The van der Waals surface area contributed by atoms with E-state index in [1.165, 1.54) is 19.3 Å². The van der Waals surface area contributed by atoms with E-state index < -0.39 is 0 Å². The molecule has 2 aliphatic heterocycles. The summed E-state index contributed by atoms with van der Waals surface area (Å²) in [6.45, 7) is 7.26. The highest BCUT2D eigenvalue weighted by atomic mass is 31.1. The zero-order chi connectivity index (χ0) is 9.69. The Hall–Kier alpha value is 0.390. The van der Waals surface area contributed by atoms with E-state index in [2.05, 4.69) is 20.5 Å². The topological polar surface area (TPSA) is 20.2 Å². The first kappa shape index (κ1) is 9.93. The lowest BCUT2D eigenvalue weighted by Crippen LogP contribution is -2.47. The van der Waals surface area contributed by atoms with E-state index in [4.69, 9.17) is 0 Å². The van der Waals surface area contributed by atoms with Gasteiger partial charge < -0.3 is 5.11 Å². The van der Waals surface area contributed by atoms with Crippen molar-refractivity contribution >= 4 is 7.92 Å². The van der Waals surface area contributed by atoms with Crippen LogP contribution in [0.25, 0.3) is 0 Å². The van der Waals surface area contributed by atoms with Crippen LogP contribution in [0.5, 0.6) is 0 Å². The van der Waals surface area contributed by atoms with Crippen molar-refractivity contribution in [1.82, 2.24) is 0 Å². The summed E-state index contributed by atoms with van der Waals surface area (Å²) in [7, 11) is 0.120. The van der Waals surface area contributed by atoms with Gasteiger partial charge in [0.15, 0.2) is 0 Å². The molecule has 2 aliphatic rings. The molecule has 2 bridgehead atoms. The molecular weight excluding hydrogens is 179 g/mol. The SMILES string of the molecule is CP1C2(C)CCCC1(C)CC(O)C2. The molecular formula is C11H21OP. The Balaban J connectivity index is 2.29. The molecule has 2 saturated heterocycles. The van der Waals surface area contributed by atoms with Crippen LogP contribution in [0.4, 0.5) is 0 Å². The minimum Gasteiger partial charge on any atom is -0.393 e. The van der Waals surface area contributed by atoms with Crippen molar-refractivity contribution in [2.75, 3.05) is 6.66 Å². The van der Waals surface area contributed by atoms with Gasteiger partial charge in [-0.05, 0) is 42.7 Å². The maximum Gasteiger partial charge on any atom is 0.0557 e. The normalized spacial score (nSPS) is 56.3. The Morgan fingerprint density at radius 1 is 1.15 bits per heavy atom. The van der Waals surface area contributed by atoms with Gasteiger partial charge in [0.25, 0.3) is 0 Å². The molecule has 1 N–H and O–H groups in total. The third kappa shape index (κ3) is 1.45. The minimum atomic E-state index is -0.0194. The van der Waals surface area contributed by atoms with Gasteiger partial charge in [-0.1, -0.05) is 28.2 Å². The first-order chi connectivity index (χ1) is 5.96. The Labute approximate surface area is 82.7 Å². The van der Waals surface area contributed by atoms with Gasteiger partial charge in [0.05, 0.1) is 6.10 Å². The summed E-state index contributed by atoms with van der Waals surface area (Å²) in [6.07, 6.45) is 6.18. The fraction of sp³-hybridized carbons (Fsp3) is 1.00. The number of rotatable bonds is 0. The van der Waals surface area contributed by atoms with Crippen LogP contribution in [0.3, 0.4) is 0 Å². The second kappa shape index (κ2) is 2.94. The number of aliphatic hydroxyl groups is 1. The van der Waals surface area contributed by atoms with Gasteiger partial charge in [0, 0.05) is 0 Å². The van der Waals surface area contributed by atoms with Crippen LogP contribution in [0.1, 0.15) is 46.0 Å². The molecule has 2 atom stereocenters. The van der Waals surface area contributed by atoms with E-state index in [9.17, 15) is 5.11 Å². The lowest BCUT2D eigenvalue weighted by Gasteiger charge is -2.57. The molecule has 0 aromatic carbocycles. The molecule has 0 spiro atoms. The fourth-order valence-corrected chi connectivity index (χ4v) is 6.66. The first-order valence-corrected chi connectivity index (χ1v) is 7.17. The highest BCUT2D eigenvalue weighted by molar-refractivity contribution is 7.60. The van der Waals surface area contributed by atoms with E-state index >= 15 is 0 Å². The highest BCUT2D eigenvalue weighted by Gasteiger charge is 2.51. The van der Waals surface area contributed by atoms with Gasteiger partial charge >= 0.3 is 0 Å². The molecule has 0 aliphatic carbocycles. The Bertz CT molecular complexity index is 198.